The number of para-hydroxylation sites is 1. The monoisotopic (exact) mass is 514 g/mol. The topological polar surface area (TPSA) is 75.1 Å². The smallest absolute Gasteiger partial charge is 0.229 e. The van der Waals surface area contributed by atoms with Crippen molar-refractivity contribution in [3.8, 4) is 11.5 Å². The van der Waals surface area contributed by atoms with Crippen molar-refractivity contribution < 1.29 is 9.47 Å². The fourth-order valence-corrected chi connectivity index (χ4v) is 4.89. The number of ether oxygens (including phenoxy) is 2. The normalized spacial score (nSPS) is 16.0. The molecule has 2 aromatic carbocycles. The van der Waals surface area contributed by atoms with Gasteiger partial charge < -0.3 is 19.3 Å². The van der Waals surface area contributed by atoms with Crippen LogP contribution in [0.15, 0.2) is 59.7 Å². The van der Waals surface area contributed by atoms with Gasteiger partial charge in [0.1, 0.15) is 30.5 Å². The quantitative estimate of drug-likeness (QED) is 0.212. The van der Waals surface area contributed by atoms with Crippen LogP contribution < -0.4 is 24.7 Å². The van der Waals surface area contributed by atoms with Gasteiger partial charge in [0.15, 0.2) is 5.82 Å². The molecule has 1 N–H and O–H groups in total. The van der Waals surface area contributed by atoms with Gasteiger partial charge in [-0.2, -0.15) is 15.1 Å². The first-order valence-corrected chi connectivity index (χ1v) is 13.8. The van der Waals surface area contributed by atoms with Crippen LogP contribution in [0.2, 0.25) is 0 Å². The molecule has 3 heterocycles. The van der Waals surface area contributed by atoms with Crippen LogP contribution in [0, 0.1) is 6.92 Å². The standard InChI is InChI=1S/C30H38N6O2/c1-24-11-4-5-14-27(24)38-20-19-37-26-13-10-12-25(21-26)23-31-34-28-22-29(35-15-6-2-7-16-35)33-30(32-28)36-17-8-3-9-18-36/h4-5,10-14,21-23H,2-3,6-9,15-20H2,1H3,(H,32,33,34)/b31-23-. The molecule has 5 rings (SSSR count). The second-order valence-corrected chi connectivity index (χ2v) is 9.91. The van der Waals surface area contributed by atoms with Crippen molar-refractivity contribution >= 4 is 23.8 Å². The molecule has 2 saturated heterocycles. The maximum absolute atomic E-state index is 5.90. The number of nitrogens with one attached hydrogen (secondary N) is 1. The maximum atomic E-state index is 5.90. The average molecular weight is 515 g/mol. The van der Waals surface area contributed by atoms with Crippen LogP contribution in [-0.2, 0) is 0 Å². The van der Waals surface area contributed by atoms with E-state index in [1.807, 2.05) is 61.5 Å². The number of aryl methyl sites for hydroxylation is 1. The van der Waals surface area contributed by atoms with E-state index in [0.717, 1.165) is 66.4 Å². The Morgan fingerprint density at radius 3 is 2.34 bits per heavy atom. The molecule has 2 aliphatic heterocycles. The molecule has 0 amide bonds. The number of hydrazone groups is 1. The van der Waals surface area contributed by atoms with Gasteiger partial charge in [-0.3, -0.25) is 5.43 Å². The predicted octanol–water partition coefficient (Wildman–Crippen LogP) is 5.67. The van der Waals surface area contributed by atoms with Crippen molar-refractivity contribution in [3.63, 3.8) is 0 Å². The lowest BCUT2D eigenvalue weighted by Crippen LogP contribution is -2.33. The third-order valence-corrected chi connectivity index (χ3v) is 6.97. The summed E-state index contributed by atoms with van der Waals surface area (Å²) in [7, 11) is 0. The number of rotatable bonds is 10. The number of benzene rings is 2. The molecule has 0 bridgehead atoms. The molecule has 2 fully saturated rings. The van der Waals surface area contributed by atoms with Crippen molar-refractivity contribution in [2.24, 2.45) is 5.10 Å². The largest absolute Gasteiger partial charge is 0.490 e. The Morgan fingerprint density at radius 1 is 0.816 bits per heavy atom. The molecule has 0 radical (unpaired) electrons. The number of nitrogens with zero attached hydrogens (tertiary/aromatic N) is 5. The van der Waals surface area contributed by atoms with Crippen molar-refractivity contribution in [1.29, 1.82) is 0 Å². The van der Waals surface area contributed by atoms with Gasteiger partial charge in [0.05, 0.1) is 6.21 Å². The number of hydrogen-bond donors (Lipinski definition) is 1. The van der Waals surface area contributed by atoms with Crippen LogP contribution in [0.5, 0.6) is 11.5 Å². The molecule has 200 valence electrons. The van der Waals surface area contributed by atoms with Crippen molar-refractivity contribution in [1.82, 2.24) is 9.97 Å². The van der Waals surface area contributed by atoms with Crippen LogP contribution in [0.1, 0.15) is 49.7 Å². The molecule has 3 aromatic rings. The Morgan fingerprint density at radius 2 is 1.55 bits per heavy atom. The fraction of sp³-hybridized carbons (Fsp3) is 0.433. The zero-order chi connectivity index (χ0) is 26.0. The van der Waals surface area contributed by atoms with E-state index in [1.165, 1.54) is 38.5 Å². The molecule has 0 unspecified atom stereocenters. The summed E-state index contributed by atoms with van der Waals surface area (Å²) in [4.78, 5) is 14.4. The lowest BCUT2D eigenvalue weighted by atomic mass is 10.1. The first-order chi connectivity index (χ1) is 18.7. The zero-order valence-electron chi connectivity index (χ0n) is 22.3. The number of hydrogen-bond acceptors (Lipinski definition) is 8. The minimum Gasteiger partial charge on any atom is -0.490 e. The Bertz CT molecular complexity index is 1170. The highest BCUT2D eigenvalue weighted by Crippen LogP contribution is 2.25. The van der Waals surface area contributed by atoms with Gasteiger partial charge in [-0.05, 0) is 74.8 Å². The van der Waals surface area contributed by atoms with E-state index in [0.29, 0.717) is 13.2 Å². The van der Waals surface area contributed by atoms with Crippen LogP contribution in [-0.4, -0.2) is 55.6 Å². The van der Waals surface area contributed by atoms with Crippen LogP contribution in [0.3, 0.4) is 0 Å². The molecule has 0 atom stereocenters. The summed E-state index contributed by atoms with van der Waals surface area (Å²) in [6, 6.07) is 17.9. The Hall–Kier alpha value is -3.81. The lowest BCUT2D eigenvalue weighted by molar-refractivity contribution is 0.216. The predicted molar refractivity (Wildman–Crippen MR) is 154 cm³/mol. The lowest BCUT2D eigenvalue weighted by Gasteiger charge is -2.31. The minimum absolute atomic E-state index is 0.465. The molecular weight excluding hydrogens is 476 g/mol. The first-order valence-electron chi connectivity index (χ1n) is 13.8. The van der Waals surface area contributed by atoms with Crippen molar-refractivity contribution in [2.75, 3.05) is 54.6 Å². The van der Waals surface area contributed by atoms with Crippen molar-refractivity contribution in [3.05, 3.63) is 65.7 Å². The molecule has 0 aliphatic carbocycles. The summed E-state index contributed by atoms with van der Waals surface area (Å²) in [6.45, 7) is 7.09. The molecule has 1 aromatic heterocycles. The van der Waals surface area contributed by atoms with Gasteiger partial charge >= 0.3 is 0 Å². The summed E-state index contributed by atoms with van der Waals surface area (Å²) in [5, 5.41) is 4.49. The highest BCUT2D eigenvalue weighted by molar-refractivity contribution is 5.80. The Kier molecular flexibility index (Phi) is 8.92. The van der Waals surface area contributed by atoms with E-state index in [-0.39, 0.29) is 0 Å². The minimum atomic E-state index is 0.465. The highest BCUT2D eigenvalue weighted by Gasteiger charge is 2.19. The van der Waals surface area contributed by atoms with Gasteiger partial charge in [0.2, 0.25) is 5.95 Å². The van der Waals surface area contributed by atoms with Gasteiger partial charge in [-0.25, -0.2) is 0 Å². The summed E-state index contributed by atoms with van der Waals surface area (Å²) in [6.07, 6.45) is 9.16. The zero-order valence-corrected chi connectivity index (χ0v) is 22.3. The molecule has 2 aliphatic rings. The Labute approximate surface area is 225 Å². The van der Waals surface area contributed by atoms with Gasteiger partial charge in [0, 0.05) is 32.2 Å². The molecule has 8 nitrogen and oxygen atoms in total. The summed E-state index contributed by atoms with van der Waals surface area (Å²) in [5.74, 6) is 4.18. The molecular formula is C30H38N6O2. The molecule has 38 heavy (non-hydrogen) atoms. The van der Waals surface area contributed by atoms with E-state index in [4.69, 9.17) is 19.4 Å². The van der Waals surface area contributed by atoms with Gasteiger partial charge in [0.25, 0.3) is 0 Å². The average Bonchev–Trinajstić information content (AvgIpc) is 2.97. The van der Waals surface area contributed by atoms with E-state index < -0.39 is 0 Å². The van der Waals surface area contributed by atoms with Crippen molar-refractivity contribution in [2.45, 2.75) is 45.4 Å². The molecule has 0 spiro atoms. The van der Waals surface area contributed by atoms with E-state index in [2.05, 4.69) is 20.3 Å². The summed E-state index contributed by atoms with van der Waals surface area (Å²) < 4.78 is 11.7. The van der Waals surface area contributed by atoms with Gasteiger partial charge in [-0.15, -0.1) is 0 Å². The summed E-state index contributed by atoms with van der Waals surface area (Å²) in [5.41, 5.74) is 5.21. The number of aromatic nitrogens is 2. The third kappa shape index (κ3) is 7.15. The second kappa shape index (κ2) is 13.1. The highest BCUT2D eigenvalue weighted by atomic mass is 16.5. The van der Waals surface area contributed by atoms with Crippen LogP contribution >= 0.6 is 0 Å². The van der Waals surface area contributed by atoms with Crippen LogP contribution in [0.4, 0.5) is 17.6 Å². The van der Waals surface area contributed by atoms with E-state index >= 15 is 0 Å². The maximum Gasteiger partial charge on any atom is 0.229 e. The number of anilines is 3. The first kappa shape index (κ1) is 25.8. The third-order valence-electron chi connectivity index (χ3n) is 6.97. The van der Waals surface area contributed by atoms with Gasteiger partial charge in [-0.1, -0.05) is 30.3 Å². The SMILES string of the molecule is Cc1ccccc1OCCOc1cccc(/C=N\Nc2cc(N3CCCCC3)nc(N3CCCCC3)n2)c1. The fourth-order valence-electron chi connectivity index (χ4n) is 4.89. The Balaban J connectivity index is 1.20. The molecule has 8 heteroatoms. The number of piperidine rings is 2. The second-order valence-electron chi connectivity index (χ2n) is 9.91. The van der Waals surface area contributed by atoms with Crippen LogP contribution in [0.25, 0.3) is 0 Å². The summed E-state index contributed by atoms with van der Waals surface area (Å²) >= 11 is 0. The van der Waals surface area contributed by atoms with E-state index in [9.17, 15) is 0 Å². The van der Waals surface area contributed by atoms with E-state index in [1.54, 1.807) is 6.21 Å². The molecule has 0 saturated carbocycles.